The summed E-state index contributed by atoms with van der Waals surface area (Å²) in [7, 11) is 2.09. The van der Waals surface area contributed by atoms with Crippen molar-refractivity contribution in [2.45, 2.75) is 5.92 Å². The van der Waals surface area contributed by atoms with E-state index in [9.17, 15) is 9.18 Å². The van der Waals surface area contributed by atoms with E-state index in [0.29, 0.717) is 27.9 Å². The molecule has 2 aromatic carbocycles. The molecule has 0 amide bonds. The molecule has 0 radical (unpaired) electrons. The Hall–Kier alpha value is -3.78. The second-order valence-corrected chi connectivity index (χ2v) is 8.20. The molecule has 4 N–H and O–H groups in total. The molecule has 0 atom stereocenters. The maximum Gasteiger partial charge on any atom is 0.272 e. The molecule has 0 bridgehead atoms. The Morgan fingerprint density at radius 1 is 1.16 bits per heavy atom. The highest BCUT2D eigenvalue weighted by atomic mass is 19.1. The predicted molar refractivity (Wildman–Crippen MR) is 120 cm³/mol. The zero-order valence-electron chi connectivity index (χ0n) is 16.7. The predicted octanol–water partition coefficient (Wildman–Crippen LogP) is 3.37. The molecular formula is C23H19FN6O. The first kappa shape index (κ1) is 18.0. The quantitative estimate of drug-likeness (QED) is 0.384. The van der Waals surface area contributed by atoms with Crippen LogP contribution >= 0.6 is 0 Å². The van der Waals surface area contributed by atoms with Crippen molar-refractivity contribution in [3.8, 4) is 11.1 Å². The number of rotatable bonds is 2. The standard InChI is InChI=1S/C23H19FN6O/c1-30-9-11(10-30)14-7-15-18(12-4-5-17(24)20-16(12)8-27-29-20)19(25)23(31)28-22(15)21-13(14)3-2-6-26-21/h2-8,11H,9-10,25H2,1H3,(H,27,29)(H,28,31). The topological polar surface area (TPSA) is 104 Å². The van der Waals surface area contributed by atoms with Crippen LogP contribution in [-0.4, -0.2) is 45.2 Å². The van der Waals surface area contributed by atoms with Gasteiger partial charge < -0.3 is 15.6 Å². The van der Waals surface area contributed by atoms with Crippen LogP contribution in [0.2, 0.25) is 0 Å². The molecule has 7 nitrogen and oxygen atoms in total. The number of benzene rings is 2. The first-order valence-corrected chi connectivity index (χ1v) is 10.1. The van der Waals surface area contributed by atoms with Gasteiger partial charge in [0.15, 0.2) is 0 Å². The number of fused-ring (bicyclic) bond motifs is 4. The number of hydrogen-bond donors (Lipinski definition) is 3. The summed E-state index contributed by atoms with van der Waals surface area (Å²) in [4.78, 5) is 22.6. The molecule has 1 aliphatic rings. The van der Waals surface area contributed by atoms with Gasteiger partial charge in [-0.2, -0.15) is 5.10 Å². The number of H-pyrrole nitrogens is 2. The van der Waals surface area contributed by atoms with E-state index in [-0.39, 0.29) is 11.2 Å². The normalized spacial score (nSPS) is 15.2. The fraction of sp³-hybridized carbons (Fsp3) is 0.174. The lowest BCUT2D eigenvalue weighted by Gasteiger charge is -2.37. The van der Waals surface area contributed by atoms with Crippen molar-refractivity contribution in [1.29, 1.82) is 0 Å². The highest BCUT2D eigenvalue weighted by Crippen LogP contribution is 2.41. The van der Waals surface area contributed by atoms with Crippen LogP contribution < -0.4 is 11.3 Å². The summed E-state index contributed by atoms with van der Waals surface area (Å²) < 4.78 is 14.3. The number of pyridine rings is 2. The minimum absolute atomic E-state index is 0.0913. The number of likely N-dealkylation sites (N-methyl/N-ethyl adjacent to an activating group) is 1. The summed E-state index contributed by atoms with van der Waals surface area (Å²) in [5.41, 5.74) is 10.1. The Morgan fingerprint density at radius 3 is 2.81 bits per heavy atom. The average Bonchev–Trinajstić information content (AvgIpc) is 3.24. The number of aromatic amines is 2. The van der Waals surface area contributed by atoms with Gasteiger partial charge in [0.25, 0.3) is 5.56 Å². The summed E-state index contributed by atoms with van der Waals surface area (Å²) in [6.45, 7) is 1.90. The molecule has 1 aliphatic heterocycles. The van der Waals surface area contributed by atoms with Gasteiger partial charge in [-0.3, -0.25) is 14.9 Å². The summed E-state index contributed by atoms with van der Waals surface area (Å²) >= 11 is 0. The summed E-state index contributed by atoms with van der Waals surface area (Å²) in [6, 6.07) is 9.07. The largest absolute Gasteiger partial charge is 0.394 e. The van der Waals surface area contributed by atoms with Crippen LogP contribution in [0.4, 0.5) is 10.1 Å². The van der Waals surface area contributed by atoms with E-state index in [1.54, 1.807) is 18.5 Å². The fourth-order valence-electron chi connectivity index (χ4n) is 4.78. The van der Waals surface area contributed by atoms with Crippen molar-refractivity contribution in [1.82, 2.24) is 25.1 Å². The third kappa shape index (κ3) is 2.51. The van der Waals surface area contributed by atoms with E-state index in [0.717, 1.165) is 29.4 Å². The number of hydrogen-bond acceptors (Lipinski definition) is 5. The number of nitrogens with zero attached hydrogens (tertiary/aromatic N) is 3. The summed E-state index contributed by atoms with van der Waals surface area (Å²) in [5, 5.41) is 9.08. The maximum absolute atomic E-state index is 14.3. The van der Waals surface area contributed by atoms with Gasteiger partial charge in [0.05, 0.1) is 17.2 Å². The zero-order chi connectivity index (χ0) is 21.3. The zero-order valence-corrected chi connectivity index (χ0v) is 16.7. The summed E-state index contributed by atoms with van der Waals surface area (Å²) in [5.74, 6) is -0.0430. The molecule has 0 spiro atoms. The lowest BCUT2D eigenvalue weighted by atomic mass is 9.86. The number of nitrogen functional groups attached to an aromatic ring is 1. The van der Waals surface area contributed by atoms with Gasteiger partial charge in [0, 0.05) is 46.9 Å². The number of likely N-dealkylation sites (tertiary alicyclic amines) is 1. The Bertz CT molecular complexity index is 1560. The molecule has 154 valence electrons. The van der Waals surface area contributed by atoms with E-state index in [4.69, 9.17) is 5.73 Å². The van der Waals surface area contributed by atoms with Crippen molar-refractivity contribution in [2.24, 2.45) is 0 Å². The van der Waals surface area contributed by atoms with E-state index in [1.165, 1.54) is 11.6 Å². The molecule has 0 unspecified atom stereocenters. The monoisotopic (exact) mass is 414 g/mol. The van der Waals surface area contributed by atoms with Crippen LogP contribution in [0.5, 0.6) is 0 Å². The van der Waals surface area contributed by atoms with Gasteiger partial charge in [-0.15, -0.1) is 0 Å². The fourth-order valence-corrected chi connectivity index (χ4v) is 4.78. The van der Waals surface area contributed by atoms with Gasteiger partial charge in [0.2, 0.25) is 0 Å². The molecular weight excluding hydrogens is 395 g/mol. The molecule has 0 saturated carbocycles. The molecule has 0 aliphatic carbocycles. The Kier molecular flexibility index (Phi) is 3.70. The number of nitrogens with two attached hydrogens (primary N) is 1. The third-order valence-electron chi connectivity index (χ3n) is 6.28. The Morgan fingerprint density at radius 2 is 2.00 bits per heavy atom. The third-order valence-corrected chi connectivity index (χ3v) is 6.28. The first-order chi connectivity index (χ1) is 15.0. The van der Waals surface area contributed by atoms with Gasteiger partial charge in [-0.05, 0) is 36.4 Å². The molecule has 1 saturated heterocycles. The first-order valence-electron chi connectivity index (χ1n) is 10.1. The molecule has 3 aromatic heterocycles. The SMILES string of the molecule is CN1CC(c2cc3c(-c4ccc(F)c5[nH]ncc45)c(N)c(=O)[nH]c3c3ncccc23)C1. The molecule has 6 rings (SSSR count). The van der Waals surface area contributed by atoms with Crippen LogP contribution in [0, 0.1) is 5.82 Å². The lowest BCUT2D eigenvalue weighted by Crippen LogP contribution is -2.41. The highest BCUT2D eigenvalue weighted by Gasteiger charge is 2.28. The van der Waals surface area contributed by atoms with E-state index < -0.39 is 11.4 Å². The molecule has 4 heterocycles. The van der Waals surface area contributed by atoms with Gasteiger partial charge in [-0.25, -0.2) is 4.39 Å². The maximum atomic E-state index is 14.3. The summed E-state index contributed by atoms with van der Waals surface area (Å²) in [6.07, 6.45) is 3.28. The van der Waals surface area contributed by atoms with Gasteiger partial charge >= 0.3 is 0 Å². The van der Waals surface area contributed by atoms with Gasteiger partial charge in [-0.1, -0.05) is 12.1 Å². The molecule has 1 fully saturated rings. The number of anilines is 1. The van der Waals surface area contributed by atoms with Crippen molar-refractivity contribution in [3.63, 3.8) is 0 Å². The molecule has 5 aromatic rings. The number of aromatic nitrogens is 4. The van der Waals surface area contributed by atoms with Crippen LogP contribution in [0.15, 0.2) is 47.5 Å². The smallest absolute Gasteiger partial charge is 0.272 e. The Balaban J connectivity index is 1.78. The van der Waals surface area contributed by atoms with Crippen molar-refractivity contribution in [2.75, 3.05) is 25.9 Å². The van der Waals surface area contributed by atoms with Crippen LogP contribution in [0.1, 0.15) is 11.5 Å². The van der Waals surface area contributed by atoms with Crippen molar-refractivity contribution < 1.29 is 4.39 Å². The lowest BCUT2D eigenvalue weighted by molar-refractivity contribution is 0.191. The van der Waals surface area contributed by atoms with E-state index in [2.05, 4.69) is 38.2 Å². The highest BCUT2D eigenvalue weighted by molar-refractivity contribution is 6.14. The minimum Gasteiger partial charge on any atom is -0.394 e. The molecule has 31 heavy (non-hydrogen) atoms. The molecule has 8 heteroatoms. The Labute approximate surface area is 175 Å². The van der Waals surface area contributed by atoms with Crippen molar-refractivity contribution in [3.05, 3.63) is 64.5 Å². The van der Waals surface area contributed by atoms with Crippen LogP contribution in [0.3, 0.4) is 0 Å². The minimum atomic E-state index is -0.408. The second-order valence-electron chi connectivity index (χ2n) is 8.20. The van der Waals surface area contributed by atoms with Crippen LogP contribution in [0.25, 0.3) is 43.8 Å². The van der Waals surface area contributed by atoms with Crippen LogP contribution in [-0.2, 0) is 0 Å². The number of nitrogens with one attached hydrogen (secondary N) is 2. The second kappa shape index (κ2) is 6.36. The average molecular weight is 414 g/mol. The van der Waals surface area contributed by atoms with E-state index in [1.807, 2.05) is 12.1 Å². The number of halogens is 1. The van der Waals surface area contributed by atoms with E-state index >= 15 is 0 Å². The van der Waals surface area contributed by atoms with Crippen molar-refractivity contribution >= 4 is 38.4 Å². The van der Waals surface area contributed by atoms with Gasteiger partial charge in [0.1, 0.15) is 17.0 Å².